The first-order chi connectivity index (χ1) is 11.0. The summed E-state index contributed by atoms with van der Waals surface area (Å²) < 4.78 is 6.81. The van der Waals surface area contributed by atoms with Crippen LogP contribution >= 0.6 is 0 Å². The molecule has 2 aromatic heterocycles. The minimum atomic E-state index is -0.569. The molecule has 1 saturated carbocycles. The number of rotatable bonds is 4. The minimum absolute atomic E-state index is 0.0706. The van der Waals surface area contributed by atoms with Gasteiger partial charge in [0, 0.05) is 30.9 Å². The highest BCUT2D eigenvalue weighted by molar-refractivity contribution is 5.92. The second-order valence-corrected chi connectivity index (χ2v) is 6.30. The van der Waals surface area contributed by atoms with Crippen LogP contribution in [0.1, 0.15) is 49.6 Å². The summed E-state index contributed by atoms with van der Waals surface area (Å²) in [5.41, 5.74) is 0.828. The SMILES string of the molecule is CCC1(O)CCC(NC(=O)c2cc(-c3cnn(C)c3)no2)CC1. The smallest absolute Gasteiger partial charge is 0.290 e. The van der Waals surface area contributed by atoms with E-state index in [1.165, 1.54) is 0 Å². The molecule has 1 aliphatic rings. The molecule has 1 aliphatic carbocycles. The Morgan fingerprint density at radius 1 is 1.52 bits per heavy atom. The van der Waals surface area contributed by atoms with Crippen LogP contribution in [0.25, 0.3) is 11.3 Å². The van der Waals surface area contributed by atoms with Gasteiger partial charge < -0.3 is 14.9 Å². The van der Waals surface area contributed by atoms with Crippen molar-refractivity contribution in [2.45, 2.75) is 50.7 Å². The second kappa shape index (κ2) is 6.16. The third-order valence-corrected chi connectivity index (χ3v) is 4.64. The third kappa shape index (κ3) is 3.44. The number of aryl methyl sites for hydroxylation is 1. The number of aliphatic hydroxyl groups is 1. The first kappa shape index (κ1) is 15.7. The Labute approximate surface area is 134 Å². The van der Waals surface area contributed by atoms with Gasteiger partial charge in [-0.1, -0.05) is 12.1 Å². The van der Waals surface area contributed by atoms with E-state index in [0.717, 1.165) is 24.8 Å². The second-order valence-electron chi connectivity index (χ2n) is 6.30. The van der Waals surface area contributed by atoms with Gasteiger partial charge in [0.05, 0.1) is 11.8 Å². The normalized spacial score (nSPS) is 24.6. The van der Waals surface area contributed by atoms with Crippen LogP contribution in [-0.2, 0) is 7.05 Å². The van der Waals surface area contributed by atoms with Crippen LogP contribution in [0.5, 0.6) is 0 Å². The van der Waals surface area contributed by atoms with Crippen LogP contribution in [-0.4, -0.2) is 37.6 Å². The molecule has 0 bridgehead atoms. The summed E-state index contributed by atoms with van der Waals surface area (Å²) in [6, 6.07) is 1.69. The molecule has 0 atom stereocenters. The number of aromatic nitrogens is 3. The van der Waals surface area contributed by atoms with Crippen molar-refractivity contribution in [2.24, 2.45) is 7.05 Å². The third-order valence-electron chi connectivity index (χ3n) is 4.64. The van der Waals surface area contributed by atoms with Crippen molar-refractivity contribution in [2.75, 3.05) is 0 Å². The number of nitrogens with zero attached hydrogens (tertiary/aromatic N) is 3. The van der Waals surface area contributed by atoms with Gasteiger partial charge in [-0.05, 0) is 32.1 Å². The van der Waals surface area contributed by atoms with Gasteiger partial charge in [-0.2, -0.15) is 5.10 Å². The standard InChI is InChI=1S/C16H22N4O3/c1-3-16(22)6-4-12(5-7-16)18-15(21)14-8-13(19-23-14)11-9-17-20(2)10-11/h8-10,12,22H,3-7H2,1-2H3,(H,18,21). The van der Waals surface area contributed by atoms with Crippen LogP contribution in [0.4, 0.5) is 0 Å². The monoisotopic (exact) mass is 318 g/mol. The van der Waals surface area contributed by atoms with E-state index in [-0.39, 0.29) is 17.7 Å². The predicted molar refractivity (Wildman–Crippen MR) is 83.7 cm³/mol. The van der Waals surface area contributed by atoms with E-state index in [2.05, 4.69) is 15.6 Å². The van der Waals surface area contributed by atoms with E-state index < -0.39 is 5.60 Å². The highest BCUT2D eigenvalue weighted by atomic mass is 16.5. The van der Waals surface area contributed by atoms with Gasteiger partial charge in [0.2, 0.25) is 5.76 Å². The molecule has 0 saturated heterocycles. The summed E-state index contributed by atoms with van der Waals surface area (Å²) >= 11 is 0. The Bertz CT molecular complexity index is 683. The lowest BCUT2D eigenvalue weighted by Crippen LogP contribution is -2.43. The lowest BCUT2D eigenvalue weighted by atomic mass is 9.80. The maximum atomic E-state index is 12.3. The van der Waals surface area contributed by atoms with Gasteiger partial charge in [0.1, 0.15) is 5.69 Å². The number of hydrogen-bond acceptors (Lipinski definition) is 5. The highest BCUT2D eigenvalue weighted by Gasteiger charge is 2.32. The molecular formula is C16H22N4O3. The molecule has 1 fully saturated rings. The average molecular weight is 318 g/mol. The fourth-order valence-corrected chi connectivity index (χ4v) is 2.98. The van der Waals surface area contributed by atoms with E-state index in [9.17, 15) is 9.90 Å². The fraction of sp³-hybridized carbons (Fsp3) is 0.562. The van der Waals surface area contributed by atoms with Crippen molar-refractivity contribution in [1.29, 1.82) is 0 Å². The van der Waals surface area contributed by atoms with Gasteiger partial charge in [-0.15, -0.1) is 0 Å². The molecule has 124 valence electrons. The zero-order chi connectivity index (χ0) is 16.4. The first-order valence-electron chi connectivity index (χ1n) is 7.98. The first-order valence-corrected chi connectivity index (χ1v) is 7.98. The number of amides is 1. The topological polar surface area (TPSA) is 93.2 Å². The van der Waals surface area contributed by atoms with Crippen molar-refractivity contribution in [3.8, 4) is 11.3 Å². The minimum Gasteiger partial charge on any atom is -0.390 e. The lowest BCUT2D eigenvalue weighted by molar-refractivity contribution is -0.00663. The Kier molecular flexibility index (Phi) is 4.21. The Morgan fingerprint density at radius 3 is 2.87 bits per heavy atom. The van der Waals surface area contributed by atoms with Crippen molar-refractivity contribution in [1.82, 2.24) is 20.3 Å². The number of hydrogen-bond donors (Lipinski definition) is 2. The molecule has 23 heavy (non-hydrogen) atoms. The summed E-state index contributed by atoms with van der Waals surface area (Å²) in [5, 5.41) is 21.2. The van der Waals surface area contributed by atoms with Crippen molar-refractivity contribution >= 4 is 5.91 Å². The van der Waals surface area contributed by atoms with Crippen LogP contribution in [0, 0.1) is 0 Å². The molecule has 0 radical (unpaired) electrons. The fourth-order valence-electron chi connectivity index (χ4n) is 2.98. The molecule has 1 amide bonds. The maximum absolute atomic E-state index is 12.3. The van der Waals surface area contributed by atoms with Crippen molar-refractivity contribution in [3.05, 3.63) is 24.2 Å². The molecular weight excluding hydrogens is 296 g/mol. The molecule has 0 aliphatic heterocycles. The van der Waals surface area contributed by atoms with Gasteiger partial charge in [-0.3, -0.25) is 9.48 Å². The molecule has 0 spiro atoms. The summed E-state index contributed by atoms with van der Waals surface area (Å²) in [5.74, 6) is -0.0697. The number of nitrogens with one attached hydrogen (secondary N) is 1. The van der Waals surface area contributed by atoms with Crippen LogP contribution in [0.2, 0.25) is 0 Å². The summed E-state index contributed by atoms with van der Waals surface area (Å²) in [6.07, 6.45) is 7.22. The Hall–Kier alpha value is -2.15. The molecule has 2 N–H and O–H groups in total. The zero-order valence-electron chi connectivity index (χ0n) is 13.5. The van der Waals surface area contributed by atoms with Crippen LogP contribution in [0.15, 0.2) is 23.0 Å². The van der Waals surface area contributed by atoms with E-state index in [4.69, 9.17) is 4.52 Å². The molecule has 3 rings (SSSR count). The number of carbonyl (C=O) groups excluding carboxylic acids is 1. The van der Waals surface area contributed by atoms with Crippen LogP contribution < -0.4 is 5.32 Å². The summed E-state index contributed by atoms with van der Waals surface area (Å²) in [4.78, 5) is 12.3. The quantitative estimate of drug-likeness (QED) is 0.898. The van der Waals surface area contributed by atoms with E-state index in [0.29, 0.717) is 18.5 Å². The molecule has 2 aromatic rings. The maximum Gasteiger partial charge on any atom is 0.290 e. The molecule has 7 heteroatoms. The Balaban J connectivity index is 1.60. The lowest BCUT2D eigenvalue weighted by Gasteiger charge is -2.35. The van der Waals surface area contributed by atoms with E-state index in [1.54, 1.807) is 16.9 Å². The molecule has 0 unspecified atom stereocenters. The summed E-state index contributed by atoms with van der Waals surface area (Å²) in [6.45, 7) is 1.99. The molecule has 2 heterocycles. The largest absolute Gasteiger partial charge is 0.390 e. The zero-order valence-corrected chi connectivity index (χ0v) is 13.5. The molecule has 0 aromatic carbocycles. The van der Waals surface area contributed by atoms with Crippen LogP contribution in [0.3, 0.4) is 0 Å². The van der Waals surface area contributed by atoms with E-state index >= 15 is 0 Å². The predicted octanol–water partition coefficient (Wildman–Crippen LogP) is 1.89. The van der Waals surface area contributed by atoms with Crippen molar-refractivity contribution < 1.29 is 14.4 Å². The van der Waals surface area contributed by atoms with Gasteiger partial charge in [0.25, 0.3) is 5.91 Å². The van der Waals surface area contributed by atoms with Gasteiger partial charge in [0.15, 0.2) is 0 Å². The highest BCUT2D eigenvalue weighted by Crippen LogP contribution is 2.31. The number of carbonyl (C=O) groups is 1. The average Bonchev–Trinajstić information content (AvgIpc) is 3.18. The molecule has 7 nitrogen and oxygen atoms in total. The van der Waals surface area contributed by atoms with Gasteiger partial charge >= 0.3 is 0 Å². The summed E-state index contributed by atoms with van der Waals surface area (Å²) in [7, 11) is 1.82. The van der Waals surface area contributed by atoms with E-state index in [1.807, 2.05) is 20.2 Å². The van der Waals surface area contributed by atoms with Gasteiger partial charge in [-0.25, -0.2) is 0 Å². The van der Waals surface area contributed by atoms with Crippen molar-refractivity contribution in [3.63, 3.8) is 0 Å². The Morgan fingerprint density at radius 2 is 2.26 bits per heavy atom.